The summed E-state index contributed by atoms with van der Waals surface area (Å²) in [4.78, 5) is 20.2. The average Bonchev–Trinajstić information content (AvgIpc) is 3.11. The topological polar surface area (TPSA) is 88.3 Å². The van der Waals surface area contributed by atoms with Gasteiger partial charge in [-0.05, 0) is 30.3 Å². The van der Waals surface area contributed by atoms with Crippen LogP contribution in [0.15, 0.2) is 60.9 Å². The van der Waals surface area contributed by atoms with Gasteiger partial charge >= 0.3 is 6.03 Å². The van der Waals surface area contributed by atoms with Gasteiger partial charge in [0.05, 0.1) is 25.6 Å². The SMILES string of the molecule is COc1cc(NC(=O)Nc2c(-c3ccncc3)[nH]c3ccc(Cl)cc23)cc(OC)c1. The highest BCUT2D eigenvalue weighted by Gasteiger charge is 2.16. The van der Waals surface area contributed by atoms with Gasteiger partial charge in [0.1, 0.15) is 11.5 Å². The average molecular weight is 423 g/mol. The first-order valence-electron chi connectivity index (χ1n) is 9.10. The Morgan fingerprint density at radius 2 is 1.67 bits per heavy atom. The van der Waals surface area contributed by atoms with Crippen molar-refractivity contribution in [2.45, 2.75) is 0 Å². The van der Waals surface area contributed by atoms with Crippen LogP contribution in [0.25, 0.3) is 22.2 Å². The Labute approximate surface area is 178 Å². The third-order valence-electron chi connectivity index (χ3n) is 4.58. The minimum atomic E-state index is -0.415. The summed E-state index contributed by atoms with van der Waals surface area (Å²) in [5.74, 6) is 1.14. The van der Waals surface area contributed by atoms with Crippen molar-refractivity contribution < 1.29 is 14.3 Å². The Morgan fingerprint density at radius 3 is 2.33 bits per heavy atom. The summed E-state index contributed by atoms with van der Waals surface area (Å²) in [5, 5.41) is 7.13. The van der Waals surface area contributed by atoms with E-state index in [2.05, 4.69) is 20.6 Å². The van der Waals surface area contributed by atoms with Crippen LogP contribution in [0.2, 0.25) is 5.02 Å². The van der Waals surface area contributed by atoms with E-state index in [9.17, 15) is 4.79 Å². The number of nitrogens with zero attached hydrogens (tertiary/aromatic N) is 1. The first-order valence-corrected chi connectivity index (χ1v) is 9.48. The number of halogens is 1. The molecule has 7 nitrogen and oxygen atoms in total. The fraction of sp³-hybridized carbons (Fsp3) is 0.0909. The number of carbonyl (C=O) groups is 1. The number of fused-ring (bicyclic) bond motifs is 1. The number of nitrogens with one attached hydrogen (secondary N) is 3. The second-order valence-electron chi connectivity index (χ2n) is 6.48. The molecule has 2 aromatic carbocycles. The smallest absolute Gasteiger partial charge is 0.323 e. The molecule has 0 unspecified atom stereocenters. The molecule has 4 rings (SSSR count). The molecule has 0 fully saturated rings. The number of pyridine rings is 1. The number of aromatic amines is 1. The number of rotatable bonds is 5. The van der Waals surface area contributed by atoms with Gasteiger partial charge in [0.15, 0.2) is 0 Å². The monoisotopic (exact) mass is 422 g/mol. The summed E-state index contributed by atoms with van der Waals surface area (Å²) < 4.78 is 10.5. The van der Waals surface area contributed by atoms with E-state index in [0.29, 0.717) is 27.9 Å². The number of anilines is 2. The third-order valence-corrected chi connectivity index (χ3v) is 4.81. The highest BCUT2D eigenvalue weighted by molar-refractivity contribution is 6.31. The van der Waals surface area contributed by atoms with Crippen LogP contribution in [0.3, 0.4) is 0 Å². The number of amides is 2. The number of benzene rings is 2. The lowest BCUT2D eigenvalue weighted by molar-refractivity contribution is 0.262. The van der Waals surface area contributed by atoms with Gasteiger partial charge in [-0.3, -0.25) is 4.98 Å². The molecule has 0 radical (unpaired) electrons. The van der Waals surface area contributed by atoms with Crippen LogP contribution >= 0.6 is 11.6 Å². The van der Waals surface area contributed by atoms with Gasteiger partial charge < -0.3 is 25.1 Å². The number of urea groups is 1. The first-order chi connectivity index (χ1) is 14.6. The van der Waals surface area contributed by atoms with E-state index in [-0.39, 0.29) is 0 Å². The van der Waals surface area contributed by atoms with Gasteiger partial charge in [0, 0.05) is 57.8 Å². The maximum absolute atomic E-state index is 12.8. The van der Waals surface area contributed by atoms with E-state index in [1.165, 1.54) is 0 Å². The van der Waals surface area contributed by atoms with Crippen LogP contribution in [0, 0.1) is 0 Å². The van der Waals surface area contributed by atoms with Gasteiger partial charge in [0.25, 0.3) is 0 Å². The van der Waals surface area contributed by atoms with E-state index in [1.54, 1.807) is 50.9 Å². The number of H-pyrrole nitrogens is 1. The van der Waals surface area contributed by atoms with Crippen molar-refractivity contribution in [2.24, 2.45) is 0 Å². The molecule has 2 aromatic heterocycles. The van der Waals surface area contributed by atoms with Gasteiger partial charge in [-0.15, -0.1) is 0 Å². The normalized spacial score (nSPS) is 10.6. The third kappa shape index (κ3) is 4.01. The van der Waals surface area contributed by atoms with Crippen LogP contribution in [0.4, 0.5) is 16.2 Å². The van der Waals surface area contributed by atoms with Gasteiger partial charge in [-0.2, -0.15) is 0 Å². The maximum Gasteiger partial charge on any atom is 0.323 e. The van der Waals surface area contributed by atoms with Crippen LogP contribution in [0.1, 0.15) is 0 Å². The largest absolute Gasteiger partial charge is 0.497 e. The highest BCUT2D eigenvalue weighted by Crippen LogP contribution is 2.36. The summed E-state index contributed by atoms with van der Waals surface area (Å²) >= 11 is 6.20. The summed E-state index contributed by atoms with van der Waals surface area (Å²) in [6.07, 6.45) is 3.39. The van der Waals surface area contributed by atoms with Gasteiger partial charge in [-0.1, -0.05) is 11.6 Å². The molecule has 152 valence electrons. The molecule has 0 spiro atoms. The molecule has 0 bridgehead atoms. The molecule has 0 saturated heterocycles. The molecule has 0 aliphatic heterocycles. The summed E-state index contributed by atoms with van der Waals surface area (Å²) in [5.41, 5.74) is 3.64. The minimum Gasteiger partial charge on any atom is -0.497 e. The van der Waals surface area contributed by atoms with Crippen molar-refractivity contribution in [3.8, 4) is 22.8 Å². The Morgan fingerprint density at radius 1 is 0.967 bits per heavy atom. The zero-order valence-corrected chi connectivity index (χ0v) is 17.1. The van der Waals surface area contributed by atoms with Crippen molar-refractivity contribution in [3.05, 3.63) is 65.9 Å². The number of hydrogen-bond acceptors (Lipinski definition) is 4. The quantitative estimate of drug-likeness (QED) is 0.393. The molecule has 8 heteroatoms. The zero-order chi connectivity index (χ0) is 21.1. The predicted molar refractivity (Wildman–Crippen MR) is 119 cm³/mol. The Hall–Kier alpha value is -3.71. The van der Waals surface area contributed by atoms with Crippen molar-refractivity contribution in [2.75, 3.05) is 24.9 Å². The Balaban J connectivity index is 1.69. The molecule has 2 heterocycles. The van der Waals surface area contributed by atoms with Gasteiger partial charge in [-0.25, -0.2) is 4.79 Å². The van der Waals surface area contributed by atoms with Crippen LogP contribution in [0.5, 0.6) is 11.5 Å². The second kappa shape index (κ2) is 8.34. The van der Waals surface area contributed by atoms with Crippen LogP contribution in [-0.4, -0.2) is 30.2 Å². The van der Waals surface area contributed by atoms with Crippen molar-refractivity contribution in [1.29, 1.82) is 0 Å². The predicted octanol–water partition coefficient (Wildman–Crippen LogP) is 5.54. The Bertz CT molecular complexity index is 1190. The van der Waals surface area contributed by atoms with E-state index in [4.69, 9.17) is 21.1 Å². The molecule has 0 saturated carbocycles. The van der Waals surface area contributed by atoms with Crippen LogP contribution < -0.4 is 20.1 Å². The lowest BCUT2D eigenvalue weighted by Gasteiger charge is -2.12. The van der Waals surface area contributed by atoms with Gasteiger partial charge in [0.2, 0.25) is 0 Å². The van der Waals surface area contributed by atoms with E-state index >= 15 is 0 Å². The standard InChI is InChI=1S/C22H19ClN4O3/c1-29-16-10-15(11-17(12-16)30-2)25-22(28)27-21-18-9-14(23)3-4-19(18)26-20(21)13-5-7-24-8-6-13/h3-12,26H,1-2H3,(H2,25,27,28). The lowest BCUT2D eigenvalue weighted by Crippen LogP contribution is -2.19. The lowest BCUT2D eigenvalue weighted by atomic mass is 10.1. The second-order valence-corrected chi connectivity index (χ2v) is 6.92. The number of methoxy groups -OCH3 is 2. The molecular formula is C22H19ClN4O3. The molecular weight excluding hydrogens is 404 g/mol. The summed E-state index contributed by atoms with van der Waals surface area (Å²) in [7, 11) is 3.10. The molecule has 30 heavy (non-hydrogen) atoms. The van der Waals surface area contributed by atoms with Crippen molar-refractivity contribution >= 4 is 39.9 Å². The summed E-state index contributed by atoms with van der Waals surface area (Å²) in [6.45, 7) is 0. The molecule has 0 aliphatic rings. The maximum atomic E-state index is 12.8. The van der Waals surface area contributed by atoms with Crippen molar-refractivity contribution in [1.82, 2.24) is 9.97 Å². The first kappa shape index (κ1) is 19.6. The number of ether oxygens (including phenoxy) is 2. The van der Waals surface area contributed by atoms with Crippen molar-refractivity contribution in [3.63, 3.8) is 0 Å². The minimum absolute atomic E-state index is 0.415. The summed E-state index contributed by atoms with van der Waals surface area (Å²) in [6, 6.07) is 13.9. The number of aromatic nitrogens is 2. The van der Waals surface area contributed by atoms with E-state index in [1.807, 2.05) is 24.3 Å². The van der Waals surface area contributed by atoms with Crippen LogP contribution in [-0.2, 0) is 0 Å². The molecule has 0 aliphatic carbocycles. The number of hydrogen-bond donors (Lipinski definition) is 3. The fourth-order valence-corrected chi connectivity index (χ4v) is 3.36. The fourth-order valence-electron chi connectivity index (χ4n) is 3.18. The molecule has 0 atom stereocenters. The molecule has 2 amide bonds. The number of carbonyl (C=O) groups excluding carboxylic acids is 1. The molecule has 4 aromatic rings. The Kier molecular flexibility index (Phi) is 5.45. The van der Waals surface area contributed by atoms with E-state index < -0.39 is 6.03 Å². The zero-order valence-electron chi connectivity index (χ0n) is 16.3. The van der Waals surface area contributed by atoms with E-state index in [0.717, 1.165) is 22.2 Å². The highest BCUT2D eigenvalue weighted by atomic mass is 35.5. The molecule has 3 N–H and O–H groups in total.